The minimum Gasteiger partial charge on any atom is -0.330 e. The molecule has 0 saturated heterocycles. The minimum atomic E-state index is -3.10. The molecule has 1 aliphatic carbocycles. The van der Waals surface area contributed by atoms with Crippen molar-refractivity contribution in [2.75, 3.05) is 12.8 Å². The maximum Gasteiger partial charge on any atom is 0.209 e. The van der Waals surface area contributed by atoms with E-state index < -0.39 is 10.0 Å². The average Bonchev–Trinajstić information content (AvgIpc) is 2.14. The number of hydrogen-bond acceptors (Lipinski definition) is 3. The molecule has 0 aromatic carbocycles. The SMILES string of the molecule is CS(=O)(=O)NC1(CCCN)CCCCC1. The molecule has 0 bridgehead atoms. The molecule has 0 aromatic rings. The van der Waals surface area contributed by atoms with E-state index in [1.807, 2.05) is 0 Å². The fourth-order valence-corrected chi connectivity index (χ4v) is 3.56. The Hall–Kier alpha value is -0.130. The molecular formula is C10H22N2O2S. The maximum absolute atomic E-state index is 11.3. The Kier molecular flexibility index (Phi) is 4.55. The summed E-state index contributed by atoms with van der Waals surface area (Å²) in [7, 11) is -3.10. The molecule has 3 N–H and O–H groups in total. The smallest absolute Gasteiger partial charge is 0.209 e. The van der Waals surface area contributed by atoms with E-state index in [-0.39, 0.29) is 5.54 Å². The van der Waals surface area contributed by atoms with Crippen LogP contribution in [-0.2, 0) is 10.0 Å². The van der Waals surface area contributed by atoms with E-state index in [1.165, 1.54) is 12.7 Å². The molecule has 0 atom stereocenters. The first-order chi connectivity index (χ1) is 6.97. The van der Waals surface area contributed by atoms with Crippen LogP contribution in [0.3, 0.4) is 0 Å². The van der Waals surface area contributed by atoms with E-state index >= 15 is 0 Å². The molecule has 5 heteroatoms. The lowest BCUT2D eigenvalue weighted by atomic mass is 9.79. The highest BCUT2D eigenvalue weighted by molar-refractivity contribution is 7.88. The number of rotatable bonds is 5. The van der Waals surface area contributed by atoms with Crippen LogP contribution in [0.2, 0.25) is 0 Å². The summed E-state index contributed by atoms with van der Waals surface area (Å²) in [5, 5.41) is 0. The summed E-state index contributed by atoms with van der Waals surface area (Å²) < 4.78 is 25.5. The van der Waals surface area contributed by atoms with E-state index in [0.29, 0.717) is 6.54 Å². The second kappa shape index (κ2) is 5.27. The molecule has 0 spiro atoms. The van der Waals surface area contributed by atoms with Crippen LogP contribution < -0.4 is 10.5 Å². The van der Waals surface area contributed by atoms with Gasteiger partial charge in [0.1, 0.15) is 0 Å². The van der Waals surface area contributed by atoms with Gasteiger partial charge < -0.3 is 5.73 Å². The molecule has 4 nitrogen and oxygen atoms in total. The summed E-state index contributed by atoms with van der Waals surface area (Å²) in [6.45, 7) is 0.632. The van der Waals surface area contributed by atoms with E-state index in [2.05, 4.69) is 4.72 Å². The molecule has 1 saturated carbocycles. The Labute approximate surface area is 92.7 Å². The first-order valence-corrected chi connectivity index (χ1v) is 7.56. The second-order valence-corrected chi connectivity index (χ2v) is 6.36. The lowest BCUT2D eigenvalue weighted by molar-refractivity contribution is 0.248. The average molecular weight is 234 g/mol. The zero-order valence-electron chi connectivity index (χ0n) is 9.46. The first kappa shape index (κ1) is 12.9. The predicted octanol–water partition coefficient (Wildman–Crippen LogP) is 0.977. The van der Waals surface area contributed by atoms with Crippen LogP contribution in [0.5, 0.6) is 0 Å². The third kappa shape index (κ3) is 4.49. The van der Waals surface area contributed by atoms with Gasteiger partial charge in [0, 0.05) is 5.54 Å². The highest BCUT2D eigenvalue weighted by atomic mass is 32.2. The van der Waals surface area contributed by atoms with Crippen LogP contribution >= 0.6 is 0 Å². The Morgan fingerprint density at radius 3 is 2.33 bits per heavy atom. The lowest BCUT2D eigenvalue weighted by Crippen LogP contribution is -2.49. The summed E-state index contributed by atoms with van der Waals surface area (Å²) in [4.78, 5) is 0. The highest BCUT2D eigenvalue weighted by Gasteiger charge is 2.33. The van der Waals surface area contributed by atoms with Crippen LogP contribution in [0.1, 0.15) is 44.9 Å². The van der Waals surface area contributed by atoms with E-state index in [4.69, 9.17) is 5.73 Å². The van der Waals surface area contributed by atoms with Crippen molar-refractivity contribution in [1.29, 1.82) is 0 Å². The fourth-order valence-electron chi connectivity index (χ4n) is 2.47. The van der Waals surface area contributed by atoms with Crippen molar-refractivity contribution in [1.82, 2.24) is 4.72 Å². The third-order valence-electron chi connectivity index (χ3n) is 3.07. The number of sulfonamides is 1. The van der Waals surface area contributed by atoms with Crippen LogP contribution in [0.15, 0.2) is 0 Å². The molecule has 0 aliphatic heterocycles. The maximum atomic E-state index is 11.3. The third-order valence-corrected chi connectivity index (χ3v) is 3.88. The van der Waals surface area contributed by atoms with Gasteiger partial charge in [-0.25, -0.2) is 13.1 Å². The van der Waals surface area contributed by atoms with E-state index in [1.54, 1.807) is 0 Å². The van der Waals surface area contributed by atoms with Crippen molar-refractivity contribution in [2.24, 2.45) is 5.73 Å². The quantitative estimate of drug-likeness (QED) is 0.744. The highest BCUT2D eigenvalue weighted by Crippen LogP contribution is 2.32. The van der Waals surface area contributed by atoms with Crippen molar-refractivity contribution in [3.05, 3.63) is 0 Å². The minimum absolute atomic E-state index is 0.203. The summed E-state index contributed by atoms with van der Waals surface area (Å²) in [6.07, 6.45) is 8.38. The number of nitrogens with two attached hydrogens (primary N) is 1. The molecule has 0 amide bonds. The second-order valence-electron chi connectivity index (χ2n) is 4.61. The van der Waals surface area contributed by atoms with Gasteiger partial charge in [-0.1, -0.05) is 19.3 Å². The van der Waals surface area contributed by atoms with Gasteiger partial charge in [0.2, 0.25) is 10.0 Å². The monoisotopic (exact) mass is 234 g/mol. The van der Waals surface area contributed by atoms with Gasteiger partial charge in [0.25, 0.3) is 0 Å². The molecule has 90 valence electrons. The summed E-state index contributed by atoms with van der Waals surface area (Å²) in [5.41, 5.74) is 5.29. The zero-order chi connectivity index (χ0) is 11.4. The van der Waals surface area contributed by atoms with Gasteiger partial charge in [0.05, 0.1) is 6.26 Å². The number of nitrogens with one attached hydrogen (secondary N) is 1. The van der Waals surface area contributed by atoms with Gasteiger partial charge in [-0.15, -0.1) is 0 Å². The topological polar surface area (TPSA) is 72.2 Å². The molecule has 1 aliphatic rings. The molecule has 0 heterocycles. The Balaban J connectivity index is 2.66. The van der Waals surface area contributed by atoms with Crippen LogP contribution in [0, 0.1) is 0 Å². The standard InChI is InChI=1S/C10H22N2O2S/c1-15(13,14)12-10(8-5-9-11)6-3-2-4-7-10/h12H,2-9,11H2,1H3. The van der Waals surface area contributed by atoms with Gasteiger partial charge in [-0.3, -0.25) is 0 Å². The van der Waals surface area contributed by atoms with Crippen molar-refractivity contribution < 1.29 is 8.42 Å². The summed E-state index contributed by atoms with van der Waals surface area (Å²) in [5.74, 6) is 0. The largest absolute Gasteiger partial charge is 0.330 e. The molecule has 15 heavy (non-hydrogen) atoms. The van der Waals surface area contributed by atoms with Crippen molar-refractivity contribution in [3.63, 3.8) is 0 Å². The van der Waals surface area contributed by atoms with Gasteiger partial charge in [-0.2, -0.15) is 0 Å². The Morgan fingerprint density at radius 2 is 1.87 bits per heavy atom. The first-order valence-electron chi connectivity index (χ1n) is 5.66. The van der Waals surface area contributed by atoms with E-state index in [9.17, 15) is 8.42 Å². The molecule has 0 unspecified atom stereocenters. The zero-order valence-corrected chi connectivity index (χ0v) is 10.3. The summed E-state index contributed by atoms with van der Waals surface area (Å²) in [6, 6.07) is 0. The summed E-state index contributed by atoms with van der Waals surface area (Å²) >= 11 is 0. The normalized spacial score (nSPS) is 21.5. The van der Waals surface area contributed by atoms with Gasteiger partial charge >= 0.3 is 0 Å². The predicted molar refractivity (Wildman–Crippen MR) is 62.1 cm³/mol. The number of hydrogen-bond donors (Lipinski definition) is 2. The molecule has 0 aromatic heterocycles. The fraction of sp³-hybridized carbons (Fsp3) is 1.00. The Morgan fingerprint density at radius 1 is 1.27 bits per heavy atom. The molecule has 0 radical (unpaired) electrons. The van der Waals surface area contributed by atoms with Crippen LogP contribution in [0.25, 0.3) is 0 Å². The van der Waals surface area contributed by atoms with E-state index in [0.717, 1.165) is 38.5 Å². The molecule has 1 fully saturated rings. The molecule has 1 rings (SSSR count). The van der Waals surface area contributed by atoms with Crippen molar-refractivity contribution in [3.8, 4) is 0 Å². The van der Waals surface area contributed by atoms with Crippen molar-refractivity contribution in [2.45, 2.75) is 50.5 Å². The lowest BCUT2D eigenvalue weighted by Gasteiger charge is -2.37. The Bertz CT molecular complexity index is 282. The van der Waals surface area contributed by atoms with Crippen LogP contribution in [-0.4, -0.2) is 26.8 Å². The van der Waals surface area contributed by atoms with Crippen molar-refractivity contribution >= 4 is 10.0 Å². The van der Waals surface area contributed by atoms with Gasteiger partial charge in [-0.05, 0) is 32.2 Å². The van der Waals surface area contributed by atoms with Gasteiger partial charge in [0.15, 0.2) is 0 Å². The van der Waals surface area contributed by atoms with Crippen LogP contribution in [0.4, 0.5) is 0 Å². The molecular weight excluding hydrogens is 212 g/mol.